The fourth-order valence-corrected chi connectivity index (χ4v) is 3.68. The zero-order valence-electron chi connectivity index (χ0n) is 17.1. The summed E-state index contributed by atoms with van der Waals surface area (Å²) >= 11 is 0. The highest BCUT2D eigenvalue weighted by atomic mass is 16.3. The van der Waals surface area contributed by atoms with Crippen LogP contribution < -0.4 is 5.32 Å². The fraction of sp³-hybridized carbons (Fsp3) is 0.500. The van der Waals surface area contributed by atoms with Crippen molar-refractivity contribution in [2.24, 2.45) is 11.8 Å². The van der Waals surface area contributed by atoms with E-state index in [0.717, 1.165) is 18.4 Å². The van der Waals surface area contributed by atoms with Crippen LogP contribution in [0, 0.1) is 11.8 Å². The van der Waals surface area contributed by atoms with Crippen LogP contribution in [0.5, 0.6) is 0 Å². The zero-order chi connectivity index (χ0) is 20.8. The number of aliphatic hydroxyl groups excluding tert-OH is 1. The Morgan fingerprint density at radius 3 is 2.55 bits per heavy atom. The Hall–Kier alpha value is -2.67. The maximum atomic E-state index is 13.0. The van der Waals surface area contributed by atoms with Crippen molar-refractivity contribution in [3.8, 4) is 11.3 Å². The van der Waals surface area contributed by atoms with Crippen LogP contribution in [0.2, 0.25) is 0 Å². The van der Waals surface area contributed by atoms with Gasteiger partial charge in [0, 0.05) is 25.3 Å². The number of likely N-dealkylation sites (tertiary alicyclic amines) is 1. The molecule has 29 heavy (non-hydrogen) atoms. The van der Waals surface area contributed by atoms with E-state index in [0.29, 0.717) is 30.9 Å². The quantitative estimate of drug-likeness (QED) is 0.667. The molecular weight excluding hydrogens is 368 g/mol. The van der Waals surface area contributed by atoms with Gasteiger partial charge in [-0.3, -0.25) is 14.7 Å². The number of piperidine rings is 1. The van der Waals surface area contributed by atoms with E-state index in [1.165, 1.54) is 0 Å². The molecule has 1 fully saturated rings. The van der Waals surface area contributed by atoms with Gasteiger partial charge in [-0.2, -0.15) is 5.10 Å². The number of carbonyl (C=O) groups is 2. The monoisotopic (exact) mass is 398 g/mol. The summed E-state index contributed by atoms with van der Waals surface area (Å²) in [6.45, 7) is 5.48. The number of nitrogens with one attached hydrogen (secondary N) is 2. The first-order valence-corrected chi connectivity index (χ1v) is 10.3. The molecule has 2 aromatic rings. The van der Waals surface area contributed by atoms with Crippen molar-refractivity contribution in [1.82, 2.24) is 20.4 Å². The van der Waals surface area contributed by atoms with E-state index in [9.17, 15) is 14.7 Å². The number of hydrogen-bond acceptors (Lipinski definition) is 4. The summed E-state index contributed by atoms with van der Waals surface area (Å²) in [4.78, 5) is 27.6. The SMILES string of the molecule is CC(C)C[C@H](NC(=O)c1cc(-c2ccccc2)n[nH]1)C(=O)N1CCC(CO)CC1. The summed E-state index contributed by atoms with van der Waals surface area (Å²) in [6, 6.07) is 10.8. The molecule has 2 heterocycles. The number of aromatic nitrogens is 2. The van der Waals surface area contributed by atoms with Crippen molar-refractivity contribution in [2.75, 3.05) is 19.7 Å². The second kappa shape index (κ2) is 9.69. The summed E-state index contributed by atoms with van der Waals surface area (Å²) in [6.07, 6.45) is 2.17. The molecule has 0 unspecified atom stereocenters. The van der Waals surface area contributed by atoms with Gasteiger partial charge in [0.1, 0.15) is 11.7 Å². The van der Waals surface area contributed by atoms with Gasteiger partial charge in [-0.1, -0.05) is 44.2 Å². The Bertz CT molecular complexity index is 810. The molecule has 7 nitrogen and oxygen atoms in total. The molecule has 3 N–H and O–H groups in total. The minimum atomic E-state index is -0.573. The number of benzene rings is 1. The lowest BCUT2D eigenvalue weighted by Crippen LogP contribution is -2.51. The number of H-pyrrole nitrogens is 1. The first kappa shape index (κ1) is 21.0. The molecule has 1 atom stereocenters. The molecule has 2 amide bonds. The van der Waals surface area contributed by atoms with Gasteiger partial charge in [0.25, 0.3) is 5.91 Å². The molecule has 1 aliphatic heterocycles. The Morgan fingerprint density at radius 2 is 1.93 bits per heavy atom. The van der Waals surface area contributed by atoms with Crippen molar-refractivity contribution in [1.29, 1.82) is 0 Å². The molecule has 0 aliphatic carbocycles. The van der Waals surface area contributed by atoms with Crippen LogP contribution in [0.15, 0.2) is 36.4 Å². The van der Waals surface area contributed by atoms with Gasteiger partial charge < -0.3 is 15.3 Å². The maximum absolute atomic E-state index is 13.0. The van der Waals surface area contributed by atoms with Crippen LogP contribution in [0.3, 0.4) is 0 Å². The van der Waals surface area contributed by atoms with Crippen LogP contribution in [0.1, 0.15) is 43.6 Å². The number of amides is 2. The Balaban J connectivity index is 1.67. The normalized spacial score (nSPS) is 16.1. The summed E-state index contributed by atoms with van der Waals surface area (Å²) in [5, 5.41) is 19.2. The lowest BCUT2D eigenvalue weighted by atomic mass is 9.96. The van der Waals surface area contributed by atoms with Crippen LogP contribution in [0.4, 0.5) is 0 Å². The number of aliphatic hydroxyl groups is 1. The van der Waals surface area contributed by atoms with Gasteiger partial charge in [0.05, 0.1) is 5.69 Å². The van der Waals surface area contributed by atoms with Gasteiger partial charge in [0.15, 0.2) is 0 Å². The third kappa shape index (κ3) is 5.44. The molecule has 156 valence electrons. The molecule has 1 aliphatic rings. The van der Waals surface area contributed by atoms with Gasteiger partial charge in [-0.15, -0.1) is 0 Å². The molecule has 0 bridgehead atoms. The molecule has 1 aromatic carbocycles. The van der Waals surface area contributed by atoms with E-state index in [-0.39, 0.29) is 30.3 Å². The van der Waals surface area contributed by atoms with Crippen LogP contribution in [-0.4, -0.2) is 57.8 Å². The van der Waals surface area contributed by atoms with E-state index in [1.807, 2.05) is 49.1 Å². The lowest BCUT2D eigenvalue weighted by molar-refractivity contribution is -0.135. The highest BCUT2D eigenvalue weighted by Gasteiger charge is 2.30. The lowest BCUT2D eigenvalue weighted by Gasteiger charge is -2.34. The first-order chi connectivity index (χ1) is 14.0. The Kier molecular flexibility index (Phi) is 7.04. The zero-order valence-corrected chi connectivity index (χ0v) is 17.1. The molecule has 1 saturated heterocycles. The fourth-order valence-electron chi connectivity index (χ4n) is 3.68. The van der Waals surface area contributed by atoms with Gasteiger partial charge in [0.2, 0.25) is 5.91 Å². The summed E-state index contributed by atoms with van der Waals surface area (Å²) in [7, 11) is 0. The molecular formula is C22H30N4O3. The molecule has 0 spiro atoms. The van der Waals surface area contributed by atoms with Crippen LogP contribution >= 0.6 is 0 Å². The predicted octanol–water partition coefficient (Wildman–Crippen LogP) is 2.45. The van der Waals surface area contributed by atoms with E-state index in [4.69, 9.17) is 0 Å². The summed E-state index contributed by atoms with van der Waals surface area (Å²) < 4.78 is 0. The third-order valence-electron chi connectivity index (χ3n) is 5.39. The van der Waals surface area contributed by atoms with Crippen molar-refractivity contribution < 1.29 is 14.7 Å². The average Bonchev–Trinajstić information content (AvgIpc) is 3.23. The second-order valence-electron chi connectivity index (χ2n) is 8.14. The summed E-state index contributed by atoms with van der Waals surface area (Å²) in [5.41, 5.74) is 1.95. The standard InChI is InChI=1S/C22H30N4O3/c1-15(2)12-20(22(29)26-10-8-16(14-27)9-11-26)23-21(28)19-13-18(24-25-19)17-6-4-3-5-7-17/h3-7,13,15-16,20,27H,8-12,14H2,1-2H3,(H,23,28)(H,24,25)/t20-/m0/s1. The summed E-state index contributed by atoms with van der Waals surface area (Å²) in [5.74, 6) is 0.148. The molecule has 1 aromatic heterocycles. The smallest absolute Gasteiger partial charge is 0.269 e. The number of rotatable bonds is 7. The predicted molar refractivity (Wildman–Crippen MR) is 111 cm³/mol. The average molecular weight is 399 g/mol. The number of nitrogens with zero attached hydrogens (tertiary/aromatic N) is 2. The number of hydrogen-bond donors (Lipinski definition) is 3. The van der Waals surface area contributed by atoms with Crippen molar-refractivity contribution in [2.45, 2.75) is 39.2 Å². The largest absolute Gasteiger partial charge is 0.396 e. The molecule has 3 rings (SSSR count). The van der Waals surface area contributed by atoms with Crippen LogP contribution in [-0.2, 0) is 4.79 Å². The van der Waals surface area contributed by atoms with Crippen molar-refractivity contribution >= 4 is 11.8 Å². The Labute approximate surface area is 171 Å². The highest BCUT2D eigenvalue weighted by molar-refractivity contribution is 5.96. The molecule has 0 saturated carbocycles. The number of aromatic amines is 1. The van der Waals surface area contributed by atoms with Gasteiger partial charge >= 0.3 is 0 Å². The van der Waals surface area contributed by atoms with Gasteiger partial charge in [-0.25, -0.2) is 0 Å². The van der Waals surface area contributed by atoms with E-state index in [1.54, 1.807) is 6.07 Å². The van der Waals surface area contributed by atoms with Crippen molar-refractivity contribution in [3.05, 3.63) is 42.1 Å². The van der Waals surface area contributed by atoms with E-state index in [2.05, 4.69) is 15.5 Å². The number of carbonyl (C=O) groups excluding carboxylic acids is 2. The van der Waals surface area contributed by atoms with Gasteiger partial charge in [-0.05, 0) is 37.2 Å². The molecule has 7 heteroatoms. The van der Waals surface area contributed by atoms with E-state index >= 15 is 0 Å². The third-order valence-corrected chi connectivity index (χ3v) is 5.39. The van der Waals surface area contributed by atoms with Crippen LogP contribution in [0.25, 0.3) is 11.3 Å². The topological polar surface area (TPSA) is 98.3 Å². The van der Waals surface area contributed by atoms with Crippen molar-refractivity contribution in [3.63, 3.8) is 0 Å². The first-order valence-electron chi connectivity index (χ1n) is 10.3. The minimum absolute atomic E-state index is 0.0498. The van der Waals surface area contributed by atoms with E-state index < -0.39 is 6.04 Å². The second-order valence-corrected chi connectivity index (χ2v) is 8.14. The molecule has 0 radical (unpaired) electrons. The maximum Gasteiger partial charge on any atom is 0.269 e. The highest BCUT2D eigenvalue weighted by Crippen LogP contribution is 2.20. The Morgan fingerprint density at radius 1 is 1.24 bits per heavy atom. The minimum Gasteiger partial charge on any atom is -0.396 e.